The summed E-state index contributed by atoms with van der Waals surface area (Å²) in [5.74, 6) is 1.18. The van der Waals surface area contributed by atoms with Crippen molar-refractivity contribution in [2.45, 2.75) is 26.0 Å². The molecule has 0 bridgehead atoms. The number of hydrogen-bond acceptors (Lipinski definition) is 4. The fourth-order valence-corrected chi connectivity index (χ4v) is 2.21. The summed E-state index contributed by atoms with van der Waals surface area (Å²) in [6.45, 7) is 5.13. The summed E-state index contributed by atoms with van der Waals surface area (Å²) in [4.78, 5) is 14.0. The number of nitrogens with zero attached hydrogens (tertiary/aromatic N) is 1. The van der Waals surface area contributed by atoms with Crippen molar-refractivity contribution in [1.82, 2.24) is 4.90 Å². The van der Waals surface area contributed by atoms with Crippen LogP contribution in [0.5, 0.6) is 11.5 Å². The van der Waals surface area contributed by atoms with Crippen molar-refractivity contribution in [1.29, 1.82) is 0 Å². The molecule has 110 valence electrons. The highest BCUT2D eigenvalue weighted by atomic mass is 16.5. The summed E-state index contributed by atoms with van der Waals surface area (Å²) in [6.07, 6.45) is 0.0708. The molecule has 1 aromatic carbocycles. The second-order valence-corrected chi connectivity index (χ2v) is 4.98. The molecule has 0 spiro atoms. The quantitative estimate of drug-likeness (QED) is 0.842. The van der Waals surface area contributed by atoms with Crippen molar-refractivity contribution >= 4 is 5.91 Å². The number of rotatable bonds is 4. The SMILES string of the molecule is COc1ccccc1OCC(=O)N1CC(C)OCC1C. The van der Waals surface area contributed by atoms with E-state index >= 15 is 0 Å². The van der Waals surface area contributed by atoms with Gasteiger partial charge in [0.15, 0.2) is 18.1 Å². The van der Waals surface area contributed by atoms with Crippen LogP contribution in [0.2, 0.25) is 0 Å². The summed E-state index contributed by atoms with van der Waals surface area (Å²) >= 11 is 0. The van der Waals surface area contributed by atoms with Gasteiger partial charge in [-0.15, -0.1) is 0 Å². The van der Waals surface area contributed by atoms with Gasteiger partial charge in [0.05, 0.1) is 25.9 Å². The van der Waals surface area contributed by atoms with Gasteiger partial charge in [-0.25, -0.2) is 0 Å². The van der Waals surface area contributed by atoms with E-state index in [2.05, 4.69) is 0 Å². The van der Waals surface area contributed by atoms with Gasteiger partial charge in [-0.05, 0) is 26.0 Å². The van der Waals surface area contributed by atoms with Gasteiger partial charge >= 0.3 is 0 Å². The van der Waals surface area contributed by atoms with Crippen molar-refractivity contribution in [2.24, 2.45) is 0 Å². The van der Waals surface area contributed by atoms with Crippen molar-refractivity contribution in [3.63, 3.8) is 0 Å². The third kappa shape index (κ3) is 3.42. The van der Waals surface area contributed by atoms with E-state index in [9.17, 15) is 4.79 Å². The molecule has 1 aliphatic heterocycles. The molecule has 0 saturated carbocycles. The molecular formula is C15H21NO4. The molecule has 2 atom stereocenters. The van der Waals surface area contributed by atoms with Gasteiger partial charge in [0, 0.05) is 6.54 Å². The molecule has 1 heterocycles. The maximum absolute atomic E-state index is 12.2. The molecule has 2 rings (SSSR count). The standard InChI is InChI=1S/C15H21NO4/c1-11-9-19-12(2)8-16(11)15(17)10-20-14-7-5-4-6-13(14)18-3/h4-7,11-12H,8-10H2,1-3H3. The van der Waals surface area contributed by atoms with Gasteiger partial charge < -0.3 is 19.1 Å². The van der Waals surface area contributed by atoms with E-state index in [1.165, 1.54) is 0 Å². The highest BCUT2D eigenvalue weighted by molar-refractivity contribution is 5.78. The molecule has 0 aromatic heterocycles. The lowest BCUT2D eigenvalue weighted by Gasteiger charge is -2.36. The first-order chi connectivity index (χ1) is 9.61. The zero-order chi connectivity index (χ0) is 14.5. The first kappa shape index (κ1) is 14.7. The summed E-state index contributed by atoms with van der Waals surface area (Å²) in [7, 11) is 1.58. The summed E-state index contributed by atoms with van der Waals surface area (Å²) in [6, 6.07) is 7.39. The van der Waals surface area contributed by atoms with Crippen molar-refractivity contribution in [3.05, 3.63) is 24.3 Å². The number of hydrogen-bond donors (Lipinski definition) is 0. The Balaban J connectivity index is 1.94. The lowest BCUT2D eigenvalue weighted by atomic mass is 10.2. The Morgan fingerprint density at radius 3 is 2.75 bits per heavy atom. The van der Waals surface area contributed by atoms with E-state index in [0.717, 1.165) is 0 Å². The lowest BCUT2D eigenvalue weighted by molar-refractivity contribution is -0.145. The molecule has 5 nitrogen and oxygen atoms in total. The van der Waals surface area contributed by atoms with E-state index in [0.29, 0.717) is 24.7 Å². The molecule has 1 saturated heterocycles. The number of ether oxygens (including phenoxy) is 3. The minimum Gasteiger partial charge on any atom is -0.493 e. The number of benzene rings is 1. The third-order valence-electron chi connectivity index (χ3n) is 3.35. The minimum absolute atomic E-state index is 0.0113. The highest BCUT2D eigenvalue weighted by Gasteiger charge is 2.27. The molecule has 20 heavy (non-hydrogen) atoms. The first-order valence-corrected chi connectivity index (χ1v) is 6.78. The molecule has 0 aliphatic carbocycles. The molecular weight excluding hydrogens is 258 g/mol. The van der Waals surface area contributed by atoms with Crippen LogP contribution in [0.3, 0.4) is 0 Å². The van der Waals surface area contributed by atoms with Gasteiger partial charge in [-0.1, -0.05) is 12.1 Å². The van der Waals surface area contributed by atoms with Crippen LogP contribution in [0.1, 0.15) is 13.8 Å². The molecule has 0 radical (unpaired) electrons. The predicted molar refractivity (Wildman–Crippen MR) is 75.1 cm³/mol. The Morgan fingerprint density at radius 2 is 2.05 bits per heavy atom. The Bertz CT molecular complexity index is 463. The first-order valence-electron chi connectivity index (χ1n) is 6.78. The number of carbonyl (C=O) groups excluding carboxylic acids is 1. The van der Waals surface area contributed by atoms with Crippen LogP contribution in [0.4, 0.5) is 0 Å². The summed E-state index contributed by atoms with van der Waals surface area (Å²) in [5, 5.41) is 0. The van der Waals surface area contributed by atoms with Crippen LogP contribution >= 0.6 is 0 Å². The Hall–Kier alpha value is -1.75. The maximum atomic E-state index is 12.2. The molecule has 5 heteroatoms. The fourth-order valence-electron chi connectivity index (χ4n) is 2.21. The summed E-state index contributed by atoms with van der Waals surface area (Å²) < 4.78 is 16.3. The molecule has 1 fully saturated rings. The Kier molecular flexibility index (Phi) is 4.84. The highest BCUT2D eigenvalue weighted by Crippen LogP contribution is 2.25. The van der Waals surface area contributed by atoms with Gasteiger partial charge in [-0.2, -0.15) is 0 Å². The van der Waals surface area contributed by atoms with Gasteiger partial charge in [0.25, 0.3) is 5.91 Å². The topological polar surface area (TPSA) is 48.0 Å². The average molecular weight is 279 g/mol. The number of carbonyl (C=O) groups is 1. The van der Waals surface area contributed by atoms with Crippen LogP contribution < -0.4 is 9.47 Å². The molecule has 2 unspecified atom stereocenters. The van der Waals surface area contributed by atoms with Gasteiger partial charge in [0.2, 0.25) is 0 Å². The van der Waals surface area contributed by atoms with Crippen LogP contribution in [0.25, 0.3) is 0 Å². The van der Waals surface area contributed by atoms with E-state index < -0.39 is 0 Å². The number of methoxy groups -OCH3 is 1. The number of morpholine rings is 1. The van der Waals surface area contributed by atoms with Gasteiger partial charge in [-0.3, -0.25) is 4.79 Å². The minimum atomic E-state index is -0.0291. The zero-order valence-corrected chi connectivity index (χ0v) is 12.2. The van der Waals surface area contributed by atoms with Crippen molar-refractivity contribution in [2.75, 3.05) is 26.9 Å². The fraction of sp³-hybridized carbons (Fsp3) is 0.533. The Morgan fingerprint density at radius 1 is 1.35 bits per heavy atom. The smallest absolute Gasteiger partial charge is 0.260 e. The third-order valence-corrected chi connectivity index (χ3v) is 3.35. The Labute approximate surface area is 119 Å². The second kappa shape index (κ2) is 6.61. The number of amides is 1. The van der Waals surface area contributed by atoms with Crippen molar-refractivity contribution < 1.29 is 19.0 Å². The monoisotopic (exact) mass is 279 g/mol. The van der Waals surface area contributed by atoms with E-state index in [-0.39, 0.29) is 24.7 Å². The molecule has 1 aliphatic rings. The van der Waals surface area contributed by atoms with Crippen LogP contribution in [-0.2, 0) is 9.53 Å². The normalized spacial score (nSPS) is 22.4. The summed E-state index contributed by atoms with van der Waals surface area (Å²) in [5.41, 5.74) is 0. The largest absolute Gasteiger partial charge is 0.493 e. The van der Waals surface area contributed by atoms with Crippen LogP contribution in [-0.4, -0.2) is 49.8 Å². The van der Waals surface area contributed by atoms with Crippen LogP contribution in [0, 0.1) is 0 Å². The second-order valence-electron chi connectivity index (χ2n) is 4.98. The molecule has 1 amide bonds. The van der Waals surface area contributed by atoms with E-state index in [1.54, 1.807) is 19.2 Å². The molecule has 0 N–H and O–H groups in total. The van der Waals surface area contributed by atoms with E-state index in [4.69, 9.17) is 14.2 Å². The lowest BCUT2D eigenvalue weighted by Crippen LogP contribution is -2.51. The van der Waals surface area contributed by atoms with Gasteiger partial charge in [0.1, 0.15) is 0 Å². The predicted octanol–water partition coefficient (Wildman–Crippen LogP) is 1.71. The molecule has 1 aromatic rings. The van der Waals surface area contributed by atoms with Crippen molar-refractivity contribution in [3.8, 4) is 11.5 Å². The number of para-hydroxylation sites is 2. The zero-order valence-electron chi connectivity index (χ0n) is 12.2. The maximum Gasteiger partial charge on any atom is 0.260 e. The average Bonchev–Trinajstić information content (AvgIpc) is 2.47. The van der Waals surface area contributed by atoms with Crippen LogP contribution in [0.15, 0.2) is 24.3 Å². The van der Waals surface area contributed by atoms with E-state index in [1.807, 2.05) is 30.9 Å².